The number of ether oxygens (including phenoxy) is 1. The summed E-state index contributed by atoms with van der Waals surface area (Å²) in [5.74, 6) is 0.153. The second-order valence-electron chi connectivity index (χ2n) is 7.04. The zero-order valence-electron chi connectivity index (χ0n) is 16.9. The molecular formula is C23H21N3O5. The van der Waals surface area contributed by atoms with Crippen LogP contribution in [0.15, 0.2) is 65.1 Å². The Morgan fingerprint density at radius 2 is 1.77 bits per heavy atom. The standard InChI is InChI=1S/C23H21N3O5/c1-15(27)26-12-11-16-13-17(7-9-20(16)26)22(28)24-25-23(29)21-10-8-19(31-21)14-30-18-5-3-2-4-6-18/h2-10,13H,11-12,14H2,1H3,(H,24,28)(H,25,29). The number of hydrogen-bond donors (Lipinski definition) is 2. The summed E-state index contributed by atoms with van der Waals surface area (Å²) in [6, 6.07) is 17.5. The zero-order chi connectivity index (χ0) is 21.8. The van der Waals surface area contributed by atoms with Gasteiger partial charge < -0.3 is 14.1 Å². The fourth-order valence-electron chi connectivity index (χ4n) is 3.37. The number of nitrogens with one attached hydrogen (secondary N) is 2. The van der Waals surface area contributed by atoms with Crippen LogP contribution >= 0.6 is 0 Å². The number of amides is 3. The number of furan rings is 1. The first-order valence-electron chi connectivity index (χ1n) is 9.79. The second-order valence-corrected chi connectivity index (χ2v) is 7.04. The quantitative estimate of drug-likeness (QED) is 0.620. The number of fused-ring (bicyclic) bond motifs is 1. The first kappa shape index (κ1) is 20.2. The number of carbonyl (C=O) groups is 3. The third kappa shape index (κ3) is 4.58. The smallest absolute Gasteiger partial charge is 0.305 e. The Bertz CT molecular complexity index is 1120. The van der Waals surface area contributed by atoms with Gasteiger partial charge in [-0.05, 0) is 54.4 Å². The Hall–Kier alpha value is -4.07. The first-order valence-corrected chi connectivity index (χ1v) is 9.79. The molecule has 1 aromatic heterocycles. The Morgan fingerprint density at radius 3 is 2.55 bits per heavy atom. The molecule has 0 radical (unpaired) electrons. The number of hydrogen-bond acceptors (Lipinski definition) is 5. The van der Waals surface area contributed by atoms with Crippen molar-refractivity contribution in [2.24, 2.45) is 0 Å². The monoisotopic (exact) mass is 419 g/mol. The van der Waals surface area contributed by atoms with Gasteiger partial charge in [0.05, 0.1) is 0 Å². The molecule has 0 bridgehead atoms. The minimum absolute atomic E-state index is 0.0322. The van der Waals surface area contributed by atoms with Crippen molar-refractivity contribution in [3.8, 4) is 5.75 Å². The van der Waals surface area contributed by atoms with Gasteiger partial charge in [-0.1, -0.05) is 18.2 Å². The molecule has 8 nitrogen and oxygen atoms in total. The highest BCUT2D eigenvalue weighted by atomic mass is 16.5. The number of nitrogens with zero attached hydrogens (tertiary/aromatic N) is 1. The van der Waals surface area contributed by atoms with Gasteiger partial charge >= 0.3 is 5.91 Å². The fourth-order valence-corrected chi connectivity index (χ4v) is 3.37. The van der Waals surface area contributed by atoms with E-state index in [9.17, 15) is 14.4 Å². The largest absolute Gasteiger partial charge is 0.486 e. The molecule has 0 atom stereocenters. The van der Waals surface area contributed by atoms with Crippen LogP contribution in [0.3, 0.4) is 0 Å². The summed E-state index contributed by atoms with van der Waals surface area (Å²) in [6.45, 7) is 2.29. The molecule has 0 saturated carbocycles. The lowest BCUT2D eigenvalue weighted by molar-refractivity contribution is -0.116. The molecule has 3 amide bonds. The normalized spacial score (nSPS) is 12.2. The highest BCUT2D eigenvalue weighted by molar-refractivity contribution is 5.99. The molecule has 0 aliphatic carbocycles. The lowest BCUT2D eigenvalue weighted by Crippen LogP contribution is -2.41. The number of carbonyl (C=O) groups excluding carboxylic acids is 3. The van der Waals surface area contributed by atoms with Crippen molar-refractivity contribution in [3.63, 3.8) is 0 Å². The summed E-state index contributed by atoms with van der Waals surface area (Å²) in [7, 11) is 0. The fraction of sp³-hybridized carbons (Fsp3) is 0.174. The van der Waals surface area contributed by atoms with Gasteiger partial charge in [0, 0.05) is 24.7 Å². The Labute approximate surface area is 178 Å². The van der Waals surface area contributed by atoms with Crippen LogP contribution < -0.4 is 20.5 Å². The molecule has 0 saturated heterocycles. The van der Waals surface area contributed by atoms with E-state index in [-0.39, 0.29) is 18.3 Å². The zero-order valence-corrected chi connectivity index (χ0v) is 16.9. The van der Waals surface area contributed by atoms with E-state index in [1.807, 2.05) is 30.3 Å². The predicted molar refractivity (Wildman–Crippen MR) is 113 cm³/mol. The topological polar surface area (TPSA) is 101 Å². The highest BCUT2D eigenvalue weighted by Crippen LogP contribution is 2.28. The predicted octanol–water partition coefficient (Wildman–Crippen LogP) is 2.84. The van der Waals surface area contributed by atoms with Crippen molar-refractivity contribution in [1.29, 1.82) is 0 Å². The molecule has 2 N–H and O–H groups in total. The van der Waals surface area contributed by atoms with E-state index < -0.39 is 11.8 Å². The number of benzene rings is 2. The van der Waals surface area contributed by atoms with Crippen LogP contribution in [-0.4, -0.2) is 24.3 Å². The van der Waals surface area contributed by atoms with Gasteiger partial charge in [-0.3, -0.25) is 25.2 Å². The van der Waals surface area contributed by atoms with Crippen LogP contribution in [-0.2, 0) is 17.8 Å². The third-order valence-corrected chi connectivity index (χ3v) is 4.92. The van der Waals surface area contributed by atoms with Gasteiger partial charge in [-0.25, -0.2) is 0 Å². The molecular weight excluding hydrogens is 398 g/mol. The van der Waals surface area contributed by atoms with E-state index in [1.165, 1.54) is 13.0 Å². The Kier molecular flexibility index (Phi) is 5.70. The van der Waals surface area contributed by atoms with E-state index in [0.717, 1.165) is 11.3 Å². The van der Waals surface area contributed by atoms with Crippen molar-refractivity contribution in [1.82, 2.24) is 10.9 Å². The second kappa shape index (κ2) is 8.74. The summed E-state index contributed by atoms with van der Waals surface area (Å²) in [5, 5.41) is 0. The summed E-state index contributed by atoms with van der Waals surface area (Å²) in [5.41, 5.74) is 6.84. The number of anilines is 1. The maximum atomic E-state index is 12.4. The minimum atomic E-state index is -0.580. The number of hydrazine groups is 1. The van der Waals surface area contributed by atoms with Crippen molar-refractivity contribution >= 4 is 23.4 Å². The van der Waals surface area contributed by atoms with Gasteiger partial charge in [0.1, 0.15) is 18.1 Å². The molecule has 3 aromatic rings. The van der Waals surface area contributed by atoms with Crippen LogP contribution in [0, 0.1) is 0 Å². The number of rotatable bonds is 5. The molecule has 0 fully saturated rings. The van der Waals surface area contributed by atoms with Crippen LogP contribution in [0.25, 0.3) is 0 Å². The molecule has 1 aliphatic rings. The minimum Gasteiger partial charge on any atom is -0.486 e. The van der Waals surface area contributed by atoms with Crippen molar-refractivity contribution in [2.75, 3.05) is 11.4 Å². The van der Waals surface area contributed by atoms with E-state index >= 15 is 0 Å². The molecule has 0 unspecified atom stereocenters. The van der Waals surface area contributed by atoms with E-state index in [1.54, 1.807) is 29.2 Å². The summed E-state index contributed by atoms with van der Waals surface area (Å²) >= 11 is 0. The Morgan fingerprint density at radius 1 is 1.00 bits per heavy atom. The van der Waals surface area contributed by atoms with Crippen LogP contribution in [0.2, 0.25) is 0 Å². The molecule has 1 aliphatic heterocycles. The molecule has 8 heteroatoms. The lowest BCUT2D eigenvalue weighted by Gasteiger charge is -2.14. The maximum absolute atomic E-state index is 12.4. The molecule has 4 rings (SSSR count). The Balaban J connectivity index is 1.31. The van der Waals surface area contributed by atoms with Gasteiger partial charge in [0.15, 0.2) is 5.76 Å². The summed E-state index contributed by atoms with van der Waals surface area (Å²) in [6.07, 6.45) is 0.683. The SMILES string of the molecule is CC(=O)N1CCc2cc(C(=O)NNC(=O)c3ccc(COc4ccccc4)o3)ccc21. The van der Waals surface area contributed by atoms with E-state index in [2.05, 4.69) is 10.9 Å². The van der Waals surface area contributed by atoms with E-state index in [4.69, 9.17) is 9.15 Å². The average Bonchev–Trinajstić information content (AvgIpc) is 3.43. The van der Waals surface area contributed by atoms with Gasteiger partial charge in [-0.2, -0.15) is 0 Å². The maximum Gasteiger partial charge on any atom is 0.305 e. The first-order chi connectivity index (χ1) is 15.0. The van der Waals surface area contributed by atoms with Crippen LogP contribution in [0.1, 0.15) is 39.2 Å². The van der Waals surface area contributed by atoms with Gasteiger partial charge in [0.2, 0.25) is 5.91 Å². The van der Waals surface area contributed by atoms with Crippen LogP contribution in [0.4, 0.5) is 5.69 Å². The highest BCUT2D eigenvalue weighted by Gasteiger charge is 2.23. The van der Waals surface area contributed by atoms with Gasteiger partial charge in [-0.15, -0.1) is 0 Å². The third-order valence-electron chi connectivity index (χ3n) is 4.92. The average molecular weight is 419 g/mol. The van der Waals surface area contributed by atoms with E-state index in [0.29, 0.717) is 30.0 Å². The van der Waals surface area contributed by atoms with Crippen molar-refractivity contribution < 1.29 is 23.5 Å². The molecule has 158 valence electrons. The van der Waals surface area contributed by atoms with Gasteiger partial charge in [0.25, 0.3) is 5.91 Å². The number of para-hydroxylation sites is 1. The molecule has 0 spiro atoms. The van der Waals surface area contributed by atoms with Crippen LogP contribution in [0.5, 0.6) is 5.75 Å². The molecule has 31 heavy (non-hydrogen) atoms. The van der Waals surface area contributed by atoms with Crippen molar-refractivity contribution in [3.05, 3.63) is 83.3 Å². The molecule has 2 heterocycles. The van der Waals surface area contributed by atoms with Crippen molar-refractivity contribution in [2.45, 2.75) is 20.0 Å². The summed E-state index contributed by atoms with van der Waals surface area (Å²) in [4.78, 5) is 38.0. The lowest BCUT2D eigenvalue weighted by atomic mass is 10.1. The molecule has 2 aromatic carbocycles. The summed E-state index contributed by atoms with van der Waals surface area (Å²) < 4.78 is 11.1.